The van der Waals surface area contributed by atoms with Crippen molar-refractivity contribution in [2.45, 2.75) is 65.1 Å². The lowest BCUT2D eigenvalue weighted by Gasteiger charge is -2.32. The standard InChI is InChI=1S/C26H34ClN3O4S/c1-18-9-5-6-10-21(18)16-29(20(3)26(32)28-23-11-7-8-12-23)25(31)17-30(35(4,33)34)24-15-22(27)14-13-19(24)2/h5-6,9-10,13-15,20,23H,7-8,11-12,16-17H2,1-4H3,(H,28,32). The smallest absolute Gasteiger partial charge is 0.244 e. The molecule has 7 nitrogen and oxygen atoms in total. The van der Waals surface area contributed by atoms with E-state index in [1.807, 2.05) is 31.2 Å². The summed E-state index contributed by atoms with van der Waals surface area (Å²) >= 11 is 6.14. The van der Waals surface area contributed by atoms with Crippen LogP contribution in [0.15, 0.2) is 42.5 Å². The maximum absolute atomic E-state index is 13.7. The molecule has 1 atom stereocenters. The fourth-order valence-electron chi connectivity index (χ4n) is 4.39. The number of sulfonamides is 1. The lowest BCUT2D eigenvalue weighted by Crippen LogP contribution is -2.52. The van der Waals surface area contributed by atoms with E-state index in [1.165, 1.54) is 11.0 Å². The summed E-state index contributed by atoms with van der Waals surface area (Å²) in [7, 11) is -3.80. The normalized spacial score (nSPS) is 15.0. The van der Waals surface area contributed by atoms with Crippen molar-refractivity contribution >= 4 is 39.1 Å². The molecule has 190 valence electrons. The first-order valence-electron chi connectivity index (χ1n) is 11.9. The molecule has 1 aliphatic rings. The van der Waals surface area contributed by atoms with Crippen LogP contribution in [0, 0.1) is 13.8 Å². The minimum Gasteiger partial charge on any atom is -0.352 e. The van der Waals surface area contributed by atoms with Crippen LogP contribution >= 0.6 is 11.6 Å². The monoisotopic (exact) mass is 519 g/mol. The summed E-state index contributed by atoms with van der Waals surface area (Å²) < 4.78 is 26.5. The highest BCUT2D eigenvalue weighted by Crippen LogP contribution is 2.27. The van der Waals surface area contributed by atoms with Gasteiger partial charge in [-0.25, -0.2) is 8.42 Å². The van der Waals surface area contributed by atoms with Gasteiger partial charge < -0.3 is 10.2 Å². The second kappa shape index (κ2) is 11.4. The van der Waals surface area contributed by atoms with Crippen LogP contribution in [0.3, 0.4) is 0 Å². The number of aryl methyl sites for hydroxylation is 2. The van der Waals surface area contributed by atoms with Crippen molar-refractivity contribution in [2.75, 3.05) is 17.1 Å². The zero-order valence-electron chi connectivity index (χ0n) is 20.8. The van der Waals surface area contributed by atoms with Gasteiger partial charge in [0.25, 0.3) is 0 Å². The molecule has 1 N–H and O–H groups in total. The maximum atomic E-state index is 13.7. The summed E-state index contributed by atoms with van der Waals surface area (Å²) in [5, 5.41) is 3.43. The zero-order chi connectivity index (χ0) is 25.8. The van der Waals surface area contributed by atoms with Crippen LogP contribution in [0.5, 0.6) is 0 Å². The van der Waals surface area contributed by atoms with Gasteiger partial charge in [0.1, 0.15) is 12.6 Å². The Morgan fingerprint density at radius 2 is 1.74 bits per heavy atom. The number of amides is 2. The fraction of sp³-hybridized carbons (Fsp3) is 0.462. The Balaban J connectivity index is 1.92. The molecule has 0 radical (unpaired) electrons. The first-order valence-corrected chi connectivity index (χ1v) is 14.1. The van der Waals surface area contributed by atoms with Gasteiger partial charge in [0.2, 0.25) is 21.8 Å². The molecule has 2 aromatic rings. The van der Waals surface area contributed by atoms with Gasteiger partial charge in [0.05, 0.1) is 11.9 Å². The van der Waals surface area contributed by atoms with Crippen molar-refractivity contribution in [3.05, 3.63) is 64.2 Å². The maximum Gasteiger partial charge on any atom is 0.244 e. The predicted molar refractivity (Wildman–Crippen MR) is 140 cm³/mol. The molecular weight excluding hydrogens is 486 g/mol. The summed E-state index contributed by atoms with van der Waals surface area (Å²) in [6.07, 6.45) is 5.07. The Morgan fingerprint density at radius 1 is 1.09 bits per heavy atom. The molecule has 0 aromatic heterocycles. The van der Waals surface area contributed by atoms with E-state index in [0.717, 1.165) is 47.4 Å². The third kappa shape index (κ3) is 6.98. The van der Waals surface area contributed by atoms with E-state index in [0.29, 0.717) is 16.3 Å². The number of nitrogens with one attached hydrogen (secondary N) is 1. The molecule has 3 rings (SSSR count). The van der Waals surface area contributed by atoms with E-state index in [9.17, 15) is 18.0 Å². The summed E-state index contributed by atoms with van der Waals surface area (Å²) in [5.74, 6) is -0.698. The molecule has 0 bridgehead atoms. The van der Waals surface area contributed by atoms with E-state index in [2.05, 4.69) is 5.32 Å². The lowest BCUT2D eigenvalue weighted by molar-refractivity contribution is -0.139. The van der Waals surface area contributed by atoms with Crippen LogP contribution in [0.2, 0.25) is 5.02 Å². The van der Waals surface area contributed by atoms with Crippen LogP contribution in [0.25, 0.3) is 0 Å². The third-order valence-electron chi connectivity index (χ3n) is 6.59. The fourth-order valence-corrected chi connectivity index (χ4v) is 5.46. The van der Waals surface area contributed by atoms with Crippen molar-refractivity contribution in [1.29, 1.82) is 0 Å². The summed E-state index contributed by atoms with van der Waals surface area (Å²) in [6.45, 7) is 5.15. The van der Waals surface area contributed by atoms with Crippen LogP contribution in [0.1, 0.15) is 49.3 Å². The zero-order valence-corrected chi connectivity index (χ0v) is 22.3. The summed E-state index contributed by atoms with van der Waals surface area (Å²) in [4.78, 5) is 28.3. The van der Waals surface area contributed by atoms with Crippen LogP contribution in [-0.2, 0) is 26.2 Å². The Labute approximate surface area is 213 Å². The number of anilines is 1. The Morgan fingerprint density at radius 3 is 2.37 bits per heavy atom. The number of halogens is 1. The minimum absolute atomic E-state index is 0.113. The van der Waals surface area contributed by atoms with Crippen LogP contribution in [0.4, 0.5) is 5.69 Å². The molecule has 1 unspecified atom stereocenters. The molecule has 1 aliphatic carbocycles. The average Bonchev–Trinajstić information content (AvgIpc) is 3.30. The number of rotatable bonds is 9. The van der Waals surface area contributed by atoms with Gasteiger partial charge in [-0.2, -0.15) is 0 Å². The number of hydrogen-bond acceptors (Lipinski definition) is 4. The Bertz CT molecular complexity index is 1180. The van der Waals surface area contributed by atoms with E-state index < -0.39 is 28.5 Å². The van der Waals surface area contributed by atoms with Crippen LogP contribution in [-0.4, -0.2) is 50.0 Å². The van der Waals surface area contributed by atoms with Gasteiger partial charge in [0, 0.05) is 17.6 Å². The first-order chi connectivity index (χ1) is 16.5. The topological polar surface area (TPSA) is 86.8 Å². The quantitative estimate of drug-likeness (QED) is 0.538. The molecule has 2 aromatic carbocycles. The molecule has 0 heterocycles. The second-order valence-electron chi connectivity index (χ2n) is 9.31. The molecular formula is C26H34ClN3O4S. The van der Waals surface area contributed by atoms with E-state index >= 15 is 0 Å². The third-order valence-corrected chi connectivity index (χ3v) is 7.95. The number of nitrogens with zero attached hydrogens (tertiary/aromatic N) is 2. The summed E-state index contributed by atoms with van der Waals surface area (Å²) in [6, 6.07) is 11.9. The van der Waals surface area contributed by atoms with Gasteiger partial charge in [-0.3, -0.25) is 13.9 Å². The molecule has 1 saturated carbocycles. The van der Waals surface area contributed by atoms with Crippen molar-refractivity contribution in [2.24, 2.45) is 0 Å². The minimum atomic E-state index is -3.80. The van der Waals surface area contributed by atoms with Crippen molar-refractivity contribution in [1.82, 2.24) is 10.2 Å². The molecule has 2 amide bonds. The van der Waals surface area contributed by atoms with Gasteiger partial charge >= 0.3 is 0 Å². The average molecular weight is 520 g/mol. The van der Waals surface area contributed by atoms with Crippen molar-refractivity contribution in [3.63, 3.8) is 0 Å². The molecule has 0 aliphatic heterocycles. The second-order valence-corrected chi connectivity index (χ2v) is 11.7. The highest BCUT2D eigenvalue weighted by Gasteiger charge is 2.32. The van der Waals surface area contributed by atoms with Crippen molar-refractivity contribution < 1.29 is 18.0 Å². The Hall–Kier alpha value is -2.58. The van der Waals surface area contributed by atoms with E-state index in [1.54, 1.807) is 26.0 Å². The number of hydrogen-bond donors (Lipinski definition) is 1. The first kappa shape index (κ1) is 27.0. The Kier molecular flexibility index (Phi) is 8.83. The number of benzene rings is 2. The van der Waals surface area contributed by atoms with Crippen molar-refractivity contribution in [3.8, 4) is 0 Å². The van der Waals surface area contributed by atoms with Gasteiger partial charge in [-0.1, -0.05) is 54.8 Å². The highest BCUT2D eigenvalue weighted by atomic mass is 35.5. The largest absolute Gasteiger partial charge is 0.352 e. The number of carbonyl (C=O) groups excluding carboxylic acids is 2. The van der Waals surface area contributed by atoms with E-state index in [-0.39, 0.29) is 18.5 Å². The summed E-state index contributed by atoms with van der Waals surface area (Å²) in [5.41, 5.74) is 2.89. The molecule has 9 heteroatoms. The van der Waals surface area contributed by atoms with E-state index in [4.69, 9.17) is 11.6 Å². The number of carbonyl (C=O) groups is 2. The van der Waals surface area contributed by atoms with Gasteiger partial charge in [0.15, 0.2) is 0 Å². The molecule has 0 saturated heterocycles. The lowest BCUT2D eigenvalue weighted by atomic mass is 10.1. The highest BCUT2D eigenvalue weighted by molar-refractivity contribution is 7.92. The molecule has 0 spiro atoms. The predicted octanol–water partition coefficient (Wildman–Crippen LogP) is 4.20. The van der Waals surface area contributed by atoms with Gasteiger partial charge in [-0.05, 0) is 62.4 Å². The SMILES string of the molecule is Cc1ccccc1CN(C(=O)CN(c1cc(Cl)ccc1C)S(C)(=O)=O)C(C)C(=O)NC1CCCC1. The van der Waals surface area contributed by atoms with Crippen LogP contribution < -0.4 is 9.62 Å². The molecule has 1 fully saturated rings. The molecule has 35 heavy (non-hydrogen) atoms. The van der Waals surface area contributed by atoms with Gasteiger partial charge in [-0.15, -0.1) is 0 Å².